The zero-order valence-corrected chi connectivity index (χ0v) is 16.1. The van der Waals surface area contributed by atoms with Crippen LogP contribution in [-0.4, -0.2) is 35.8 Å². The summed E-state index contributed by atoms with van der Waals surface area (Å²) in [7, 11) is 1.57. The Bertz CT molecular complexity index is 887. The summed E-state index contributed by atoms with van der Waals surface area (Å²) in [6.07, 6.45) is 0. The normalized spacial score (nSPS) is 14.1. The maximum atomic E-state index is 12.6. The Kier molecular flexibility index (Phi) is 5.39. The lowest BCUT2D eigenvalue weighted by molar-refractivity contribution is -0.124. The number of ether oxygens (including phenoxy) is 1. The van der Waals surface area contributed by atoms with Crippen molar-refractivity contribution in [3.05, 3.63) is 63.1 Å². The molecule has 2 aromatic carbocycles. The third-order valence-electron chi connectivity index (χ3n) is 4.35. The molecule has 0 bridgehead atoms. The standard InChI is InChI=1S/C19H16Cl2N2O4/c1-10(17(24)22-9-11-3-5-12(27-2)6-4-11)23-18(25)13-7-15(20)16(21)8-14(13)19(23)26/h3-8,10H,9H2,1-2H3,(H,22,24). The highest BCUT2D eigenvalue weighted by Crippen LogP contribution is 2.32. The van der Waals surface area contributed by atoms with Crippen LogP contribution < -0.4 is 10.1 Å². The number of fused-ring (bicyclic) bond motifs is 1. The van der Waals surface area contributed by atoms with Crippen molar-refractivity contribution in [2.24, 2.45) is 0 Å². The summed E-state index contributed by atoms with van der Waals surface area (Å²) >= 11 is 11.9. The fraction of sp³-hybridized carbons (Fsp3) is 0.211. The third kappa shape index (κ3) is 3.63. The van der Waals surface area contributed by atoms with E-state index in [0.29, 0.717) is 5.75 Å². The zero-order chi connectivity index (χ0) is 19.7. The summed E-state index contributed by atoms with van der Waals surface area (Å²) < 4.78 is 5.08. The number of benzene rings is 2. The van der Waals surface area contributed by atoms with Crippen molar-refractivity contribution in [3.63, 3.8) is 0 Å². The van der Waals surface area contributed by atoms with E-state index in [1.165, 1.54) is 19.1 Å². The van der Waals surface area contributed by atoms with Gasteiger partial charge in [-0.25, -0.2) is 0 Å². The van der Waals surface area contributed by atoms with Crippen LogP contribution in [0.5, 0.6) is 5.75 Å². The smallest absolute Gasteiger partial charge is 0.262 e. The first-order valence-electron chi connectivity index (χ1n) is 8.11. The Morgan fingerprint density at radius 1 is 1.07 bits per heavy atom. The number of rotatable bonds is 5. The number of nitrogens with one attached hydrogen (secondary N) is 1. The maximum Gasteiger partial charge on any atom is 0.262 e. The van der Waals surface area contributed by atoms with Gasteiger partial charge in [-0.3, -0.25) is 19.3 Å². The molecule has 0 saturated carbocycles. The molecular formula is C19H16Cl2N2O4. The lowest BCUT2D eigenvalue weighted by Crippen LogP contribution is -2.47. The molecule has 0 aromatic heterocycles. The van der Waals surface area contributed by atoms with E-state index in [4.69, 9.17) is 27.9 Å². The molecule has 1 aliphatic rings. The number of hydrogen-bond donors (Lipinski definition) is 1. The molecule has 140 valence electrons. The number of hydrogen-bond acceptors (Lipinski definition) is 4. The molecule has 1 atom stereocenters. The van der Waals surface area contributed by atoms with E-state index in [1.807, 2.05) is 12.1 Å². The fourth-order valence-electron chi connectivity index (χ4n) is 2.80. The summed E-state index contributed by atoms with van der Waals surface area (Å²) in [5.41, 5.74) is 1.14. The van der Waals surface area contributed by atoms with E-state index in [2.05, 4.69) is 5.32 Å². The Hall–Kier alpha value is -2.57. The molecule has 27 heavy (non-hydrogen) atoms. The minimum Gasteiger partial charge on any atom is -0.497 e. The molecule has 1 N–H and O–H groups in total. The summed E-state index contributed by atoms with van der Waals surface area (Å²) in [6, 6.07) is 8.91. The Morgan fingerprint density at radius 3 is 2.07 bits per heavy atom. The van der Waals surface area contributed by atoms with Gasteiger partial charge in [0.15, 0.2) is 0 Å². The summed E-state index contributed by atoms with van der Waals surface area (Å²) in [6.45, 7) is 1.75. The van der Waals surface area contributed by atoms with Crippen LogP contribution in [0.25, 0.3) is 0 Å². The predicted molar refractivity (Wildman–Crippen MR) is 101 cm³/mol. The average Bonchev–Trinajstić information content (AvgIpc) is 2.90. The van der Waals surface area contributed by atoms with Gasteiger partial charge in [-0.1, -0.05) is 35.3 Å². The Morgan fingerprint density at radius 2 is 1.59 bits per heavy atom. The number of methoxy groups -OCH3 is 1. The van der Waals surface area contributed by atoms with Crippen LogP contribution >= 0.6 is 23.2 Å². The number of amides is 3. The lowest BCUT2D eigenvalue weighted by atomic mass is 10.1. The van der Waals surface area contributed by atoms with Crippen LogP contribution in [-0.2, 0) is 11.3 Å². The van der Waals surface area contributed by atoms with Crippen LogP contribution in [0, 0.1) is 0 Å². The predicted octanol–water partition coefficient (Wildman–Crippen LogP) is 3.30. The molecule has 0 saturated heterocycles. The van der Waals surface area contributed by atoms with Crippen molar-refractivity contribution in [3.8, 4) is 5.75 Å². The molecule has 0 spiro atoms. The minimum atomic E-state index is -0.979. The second-order valence-corrected chi connectivity index (χ2v) is 6.85. The highest BCUT2D eigenvalue weighted by molar-refractivity contribution is 6.43. The van der Waals surface area contributed by atoms with Crippen molar-refractivity contribution >= 4 is 40.9 Å². The highest BCUT2D eigenvalue weighted by atomic mass is 35.5. The molecule has 3 rings (SSSR count). The molecule has 1 heterocycles. The van der Waals surface area contributed by atoms with Crippen molar-refractivity contribution in [2.75, 3.05) is 7.11 Å². The minimum absolute atomic E-state index is 0.143. The first-order chi connectivity index (χ1) is 12.8. The van der Waals surface area contributed by atoms with E-state index in [1.54, 1.807) is 19.2 Å². The Balaban J connectivity index is 1.71. The zero-order valence-electron chi connectivity index (χ0n) is 14.6. The van der Waals surface area contributed by atoms with Gasteiger partial charge >= 0.3 is 0 Å². The quantitative estimate of drug-likeness (QED) is 0.772. The third-order valence-corrected chi connectivity index (χ3v) is 5.07. The molecule has 2 aromatic rings. The molecule has 0 radical (unpaired) electrons. The Labute approximate surface area is 166 Å². The number of carbonyl (C=O) groups is 3. The molecule has 8 heteroatoms. The van der Waals surface area contributed by atoms with Gasteiger partial charge < -0.3 is 10.1 Å². The van der Waals surface area contributed by atoms with E-state index in [0.717, 1.165) is 10.5 Å². The van der Waals surface area contributed by atoms with Crippen molar-refractivity contribution in [1.82, 2.24) is 10.2 Å². The van der Waals surface area contributed by atoms with Crippen molar-refractivity contribution in [2.45, 2.75) is 19.5 Å². The summed E-state index contributed by atoms with van der Waals surface area (Å²) in [4.78, 5) is 38.5. The van der Waals surface area contributed by atoms with Gasteiger partial charge in [0.1, 0.15) is 11.8 Å². The van der Waals surface area contributed by atoms with Crippen molar-refractivity contribution in [1.29, 1.82) is 0 Å². The monoisotopic (exact) mass is 406 g/mol. The first kappa shape index (κ1) is 19.2. The molecule has 0 aliphatic carbocycles. The largest absolute Gasteiger partial charge is 0.497 e. The number of nitrogens with zero attached hydrogens (tertiary/aromatic N) is 1. The number of imide groups is 1. The van der Waals surface area contributed by atoms with Gasteiger partial charge in [0.05, 0.1) is 28.3 Å². The van der Waals surface area contributed by atoms with Crippen LogP contribution in [0.15, 0.2) is 36.4 Å². The van der Waals surface area contributed by atoms with Gasteiger partial charge in [0, 0.05) is 6.54 Å². The van der Waals surface area contributed by atoms with Gasteiger partial charge in [0.25, 0.3) is 11.8 Å². The highest BCUT2D eigenvalue weighted by Gasteiger charge is 2.41. The summed E-state index contributed by atoms with van der Waals surface area (Å²) in [5, 5.41) is 3.08. The van der Waals surface area contributed by atoms with E-state index in [-0.39, 0.29) is 27.7 Å². The molecule has 3 amide bonds. The second kappa shape index (κ2) is 7.58. The van der Waals surface area contributed by atoms with Gasteiger partial charge in [-0.15, -0.1) is 0 Å². The molecule has 1 aliphatic heterocycles. The van der Waals surface area contributed by atoms with E-state index in [9.17, 15) is 14.4 Å². The van der Waals surface area contributed by atoms with Crippen LogP contribution in [0.1, 0.15) is 33.2 Å². The lowest BCUT2D eigenvalue weighted by Gasteiger charge is -2.21. The van der Waals surface area contributed by atoms with Gasteiger partial charge in [-0.2, -0.15) is 0 Å². The van der Waals surface area contributed by atoms with E-state index >= 15 is 0 Å². The maximum absolute atomic E-state index is 12.6. The second-order valence-electron chi connectivity index (χ2n) is 6.03. The molecular weight excluding hydrogens is 391 g/mol. The summed E-state index contributed by atoms with van der Waals surface area (Å²) in [5.74, 6) is -0.874. The van der Waals surface area contributed by atoms with Crippen LogP contribution in [0.2, 0.25) is 10.0 Å². The van der Waals surface area contributed by atoms with Gasteiger partial charge in [-0.05, 0) is 36.8 Å². The topological polar surface area (TPSA) is 75.7 Å². The van der Waals surface area contributed by atoms with Gasteiger partial charge in [0.2, 0.25) is 5.91 Å². The molecule has 0 fully saturated rings. The average molecular weight is 407 g/mol. The number of halogens is 2. The molecule has 1 unspecified atom stereocenters. The molecule has 6 nitrogen and oxygen atoms in total. The van der Waals surface area contributed by atoms with Crippen LogP contribution in [0.3, 0.4) is 0 Å². The first-order valence-corrected chi connectivity index (χ1v) is 8.86. The number of carbonyl (C=O) groups excluding carboxylic acids is 3. The van der Waals surface area contributed by atoms with Crippen LogP contribution in [0.4, 0.5) is 0 Å². The van der Waals surface area contributed by atoms with Crippen molar-refractivity contribution < 1.29 is 19.1 Å². The van der Waals surface area contributed by atoms with E-state index < -0.39 is 23.8 Å². The fourth-order valence-corrected chi connectivity index (χ4v) is 3.13. The SMILES string of the molecule is COc1ccc(CNC(=O)C(C)N2C(=O)c3cc(Cl)c(Cl)cc3C2=O)cc1.